The lowest BCUT2D eigenvalue weighted by molar-refractivity contribution is -0.144. The summed E-state index contributed by atoms with van der Waals surface area (Å²) in [5.74, 6) is -1.81. The molecule has 1 aliphatic rings. The van der Waals surface area contributed by atoms with Crippen molar-refractivity contribution in [3.05, 3.63) is 58.0 Å². The van der Waals surface area contributed by atoms with Crippen LogP contribution in [0.25, 0.3) is 0 Å². The topological polar surface area (TPSA) is 146 Å². The Hall–Kier alpha value is -3.60. The minimum atomic E-state index is -1.13. The quantitative estimate of drug-likeness (QED) is 0.453. The van der Waals surface area contributed by atoms with Gasteiger partial charge in [0.2, 0.25) is 0 Å². The number of ether oxygens (including phenoxy) is 1. The molecule has 0 aliphatic carbocycles. The number of hydrogen-bond donors (Lipinski definition) is 3. The molecule has 1 heterocycles. The number of hydrogen-bond acceptors (Lipinski definition) is 8. The molecule has 2 aromatic carbocycles. The maximum Gasteiger partial charge on any atom is 0.305 e. The Balaban J connectivity index is 1.77. The molecule has 11 heteroatoms. The minimum Gasteiger partial charge on any atom is -0.508 e. The Labute approximate surface area is 200 Å². The number of carboxylic acid groups (broad SMARTS) is 1. The van der Waals surface area contributed by atoms with Crippen LogP contribution in [0.5, 0.6) is 11.5 Å². The summed E-state index contributed by atoms with van der Waals surface area (Å²) in [6.45, 7) is 5.13. The lowest BCUT2D eigenvalue weighted by Gasteiger charge is -2.25. The molecule has 1 aliphatic heterocycles. The van der Waals surface area contributed by atoms with Gasteiger partial charge in [-0.3, -0.25) is 19.8 Å². The molecule has 2 atom stereocenters. The molecule has 1 saturated heterocycles. The number of aromatic hydroxyl groups is 1. The molecule has 0 bridgehead atoms. The van der Waals surface area contributed by atoms with E-state index >= 15 is 0 Å². The second-order valence-corrected chi connectivity index (χ2v) is 9.41. The molecular formula is C23H25N3O7S. The highest BCUT2D eigenvalue weighted by molar-refractivity contribution is 8.01. The molecule has 3 N–H and O–H groups in total. The number of hydrazine groups is 1. The van der Waals surface area contributed by atoms with Crippen molar-refractivity contribution in [2.75, 3.05) is 6.61 Å². The van der Waals surface area contributed by atoms with Crippen LogP contribution in [0, 0.1) is 11.8 Å². The molecule has 3 rings (SSSR count). The van der Waals surface area contributed by atoms with Crippen molar-refractivity contribution in [1.82, 2.24) is 10.4 Å². The monoisotopic (exact) mass is 487 g/mol. The maximum absolute atomic E-state index is 12.9. The average molecular weight is 488 g/mol. The number of phenolic OH excluding ortho intramolecular Hbond substituents is 1. The van der Waals surface area contributed by atoms with Gasteiger partial charge in [-0.15, -0.1) is 16.7 Å². The zero-order valence-corrected chi connectivity index (χ0v) is 19.7. The van der Waals surface area contributed by atoms with Gasteiger partial charge in [0.1, 0.15) is 22.6 Å². The second-order valence-electron chi connectivity index (χ2n) is 8.12. The number of aliphatic carboxylic acids is 1. The van der Waals surface area contributed by atoms with Crippen LogP contribution in [0.15, 0.2) is 41.6 Å². The SMILES string of the molecule is Cc1cc(OCC(=O)NN2C(=O)C(CC(=O)O)SC2c2ccc(O)cc2)c(C(C)C)cc1N=O. The Morgan fingerprint density at radius 1 is 1.24 bits per heavy atom. The van der Waals surface area contributed by atoms with Gasteiger partial charge in [-0.2, -0.15) is 0 Å². The van der Waals surface area contributed by atoms with Gasteiger partial charge >= 0.3 is 5.97 Å². The molecule has 1 fully saturated rings. The highest BCUT2D eigenvalue weighted by Crippen LogP contribution is 2.43. The van der Waals surface area contributed by atoms with Crippen LogP contribution in [0.3, 0.4) is 0 Å². The smallest absolute Gasteiger partial charge is 0.305 e. The van der Waals surface area contributed by atoms with E-state index in [1.54, 1.807) is 31.2 Å². The van der Waals surface area contributed by atoms with E-state index in [-0.39, 0.29) is 11.7 Å². The van der Waals surface area contributed by atoms with Gasteiger partial charge in [0.05, 0.1) is 11.7 Å². The zero-order chi connectivity index (χ0) is 25.0. The van der Waals surface area contributed by atoms with Crippen molar-refractivity contribution in [3.8, 4) is 11.5 Å². The minimum absolute atomic E-state index is 0.00590. The third-order valence-corrected chi connectivity index (χ3v) is 6.67. The highest BCUT2D eigenvalue weighted by atomic mass is 32.2. The number of phenols is 1. The molecule has 0 saturated carbocycles. The normalized spacial score (nSPS) is 17.6. The number of nitroso groups, excluding NO2 is 1. The van der Waals surface area contributed by atoms with E-state index in [1.165, 1.54) is 12.1 Å². The number of carbonyl (C=O) groups is 3. The van der Waals surface area contributed by atoms with Gasteiger partial charge in [0.15, 0.2) is 6.61 Å². The average Bonchev–Trinajstić information content (AvgIpc) is 3.07. The predicted octanol–water partition coefficient (Wildman–Crippen LogP) is 3.75. The zero-order valence-electron chi connectivity index (χ0n) is 18.8. The fraction of sp³-hybridized carbons (Fsp3) is 0.348. The first-order valence-electron chi connectivity index (χ1n) is 10.5. The molecule has 180 valence electrons. The van der Waals surface area contributed by atoms with Crippen LogP contribution in [0.4, 0.5) is 5.69 Å². The first-order chi connectivity index (χ1) is 16.1. The lowest BCUT2D eigenvalue weighted by Crippen LogP contribution is -2.47. The molecule has 2 aromatic rings. The van der Waals surface area contributed by atoms with Crippen LogP contribution in [-0.2, 0) is 14.4 Å². The largest absolute Gasteiger partial charge is 0.508 e. The summed E-state index contributed by atoms with van der Waals surface area (Å²) in [4.78, 5) is 47.8. The fourth-order valence-electron chi connectivity index (χ4n) is 3.49. The summed E-state index contributed by atoms with van der Waals surface area (Å²) < 4.78 is 5.71. The van der Waals surface area contributed by atoms with E-state index in [4.69, 9.17) is 9.84 Å². The number of carbonyl (C=O) groups excluding carboxylic acids is 2. The molecule has 2 unspecified atom stereocenters. The van der Waals surface area contributed by atoms with Crippen molar-refractivity contribution in [2.24, 2.45) is 5.18 Å². The molecule has 0 spiro atoms. The Morgan fingerprint density at radius 2 is 1.91 bits per heavy atom. The number of thioether (sulfide) groups is 1. The van der Waals surface area contributed by atoms with Crippen molar-refractivity contribution >= 4 is 35.2 Å². The summed E-state index contributed by atoms with van der Waals surface area (Å²) in [7, 11) is 0. The van der Waals surface area contributed by atoms with E-state index in [0.717, 1.165) is 16.8 Å². The number of nitrogens with one attached hydrogen (secondary N) is 1. The van der Waals surface area contributed by atoms with Crippen molar-refractivity contribution in [3.63, 3.8) is 0 Å². The van der Waals surface area contributed by atoms with Gasteiger partial charge in [-0.25, -0.2) is 5.01 Å². The third-order valence-electron chi connectivity index (χ3n) is 5.23. The van der Waals surface area contributed by atoms with E-state index in [2.05, 4.69) is 10.6 Å². The van der Waals surface area contributed by atoms with Crippen molar-refractivity contribution < 1.29 is 29.3 Å². The predicted molar refractivity (Wildman–Crippen MR) is 126 cm³/mol. The van der Waals surface area contributed by atoms with Crippen LogP contribution in [0.1, 0.15) is 48.3 Å². The number of carboxylic acids is 1. The van der Waals surface area contributed by atoms with E-state index in [9.17, 15) is 24.4 Å². The van der Waals surface area contributed by atoms with Gasteiger partial charge < -0.3 is 14.9 Å². The lowest BCUT2D eigenvalue weighted by atomic mass is 9.99. The molecule has 34 heavy (non-hydrogen) atoms. The van der Waals surface area contributed by atoms with Crippen LogP contribution in [-0.4, -0.2) is 44.9 Å². The van der Waals surface area contributed by atoms with Crippen molar-refractivity contribution in [2.45, 2.75) is 43.7 Å². The summed E-state index contributed by atoms with van der Waals surface area (Å²) in [5, 5.41) is 21.3. The third kappa shape index (κ3) is 5.66. The van der Waals surface area contributed by atoms with Gasteiger partial charge in [0, 0.05) is 0 Å². The highest BCUT2D eigenvalue weighted by Gasteiger charge is 2.43. The Kier molecular flexibility index (Phi) is 7.77. The number of rotatable bonds is 9. The number of amides is 2. The molecular weight excluding hydrogens is 462 g/mol. The Bertz CT molecular complexity index is 1100. The first-order valence-corrected chi connectivity index (χ1v) is 11.4. The van der Waals surface area contributed by atoms with Crippen LogP contribution in [0.2, 0.25) is 0 Å². The number of aryl methyl sites for hydroxylation is 1. The van der Waals surface area contributed by atoms with Crippen LogP contribution >= 0.6 is 11.8 Å². The van der Waals surface area contributed by atoms with E-state index in [0.29, 0.717) is 28.1 Å². The molecule has 0 radical (unpaired) electrons. The number of benzene rings is 2. The molecule has 10 nitrogen and oxygen atoms in total. The van der Waals surface area contributed by atoms with E-state index in [1.807, 2.05) is 13.8 Å². The second kappa shape index (κ2) is 10.6. The summed E-state index contributed by atoms with van der Waals surface area (Å²) in [5.41, 5.74) is 4.74. The number of nitrogens with zero attached hydrogens (tertiary/aromatic N) is 2. The van der Waals surface area contributed by atoms with E-state index < -0.39 is 41.4 Å². The Morgan fingerprint density at radius 3 is 2.50 bits per heavy atom. The summed E-state index contributed by atoms with van der Waals surface area (Å²) in [6.07, 6.45) is -0.394. The molecule has 0 aromatic heterocycles. The maximum atomic E-state index is 12.9. The fourth-order valence-corrected chi connectivity index (χ4v) is 4.86. The van der Waals surface area contributed by atoms with Gasteiger partial charge in [-0.1, -0.05) is 26.0 Å². The van der Waals surface area contributed by atoms with Crippen LogP contribution < -0.4 is 10.2 Å². The first kappa shape index (κ1) is 25.0. The summed E-state index contributed by atoms with van der Waals surface area (Å²) in [6, 6.07) is 9.35. The van der Waals surface area contributed by atoms with Gasteiger partial charge in [-0.05, 0) is 59.0 Å². The molecule has 2 amide bonds. The standard InChI is InChI=1S/C23H25N3O7S/c1-12(2)16-9-17(25-32)13(3)8-18(16)33-11-20(28)24-26-22(31)19(10-21(29)30)34-23(26)14-4-6-15(27)7-5-14/h4-9,12,19,23,27H,10-11H2,1-3H3,(H,24,28)(H,29,30). The van der Waals surface area contributed by atoms with Crippen molar-refractivity contribution in [1.29, 1.82) is 0 Å². The van der Waals surface area contributed by atoms with Gasteiger partial charge in [0.25, 0.3) is 11.8 Å². The summed E-state index contributed by atoms with van der Waals surface area (Å²) >= 11 is 1.10.